The van der Waals surface area contributed by atoms with Crippen molar-refractivity contribution in [2.75, 3.05) is 11.1 Å². The van der Waals surface area contributed by atoms with E-state index in [0.717, 1.165) is 0 Å². The fourth-order valence-corrected chi connectivity index (χ4v) is 1.82. The summed E-state index contributed by atoms with van der Waals surface area (Å²) in [5.41, 5.74) is 7.92. The predicted octanol–water partition coefficient (Wildman–Crippen LogP) is 2.03. The van der Waals surface area contributed by atoms with E-state index in [1.165, 1.54) is 22.9 Å². The molecule has 1 aromatic heterocycles. The van der Waals surface area contributed by atoms with Crippen LogP contribution in [-0.4, -0.2) is 16.1 Å². The zero-order chi connectivity index (χ0) is 11.5. The lowest BCUT2D eigenvalue weighted by Gasteiger charge is -2.04. The zero-order valence-electron chi connectivity index (χ0n) is 7.98. The molecular weight excluding hydrogens is 248 g/mol. The van der Waals surface area contributed by atoms with Crippen LogP contribution in [0.25, 0.3) is 0 Å². The molecule has 2 rings (SSSR count). The van der Waals surface area contributed by atoms with Gasteiger partial charge in [-0.15, -0.1) is 10.2 Å². The molecule has 0 unspecified atom stereocenters. The first-order valence-corrected chi connectivity index (χ1v) is 5.55. The second kappa shape index (κ2) is 4.46. The Bertz CT molecular complexity index is 514. The minimum atomic E-state index is -0.332. The van der Waals surface area contributed by atoms with Crippen LogP contribution in [0.4, 0.5) is 10.8 Å². The molecule has 82 valence electrons. The summed E-state index contributed by atoms with van der Waals surface area (Å²) in [4.78, 5) is 11.7. The summed E-state index contributed by atoms with van der Waals surface area (Å²) in [6.45, 7) is 0. The maximum Gasteiger partial charge on any atom is 0.259 e. The van der Waals surface area contributed by atoms with E-state index >= 15 is 0 Å². The highest BCUT2D eigenvalue weighted by molar-refractivity contribution is 7.13. The van der Waals surface area contributed by atoms with Crippen LogP contribution in [0.1, 0.15) is 10.4 Å². The van der Waals surface area contributed by atoms with Crippen LogP contribution in [0.2, 0.25) is 5.02 Å². The maximum absolute atomic E-state index is 11.7. The van der Waals surface area contributed by atoms with Crippen molar-refractivity contribution in [1.82, 2.24) is 10.2 Å². The van der Waals surface area contributed by atoms with E-state index in [4.69, 9.17) is 17.3 Å². The molecule has 0 atom stereocenters. The molecule has 0 spiro atoms. The Hall–Kier alpha value is -1.66. The molecule has 0 aliphatic heterocycles. The first-order valence-electron chi connectivity index (χ1n) is 4.29. The molecule has 1 heterocycles. The van der Waals surface area contributed by atoms with Gasteiger partial charge in [-0.1, -0.05) is 22.9 Å². The molecule has 0 radical (unpaired) electrons. The van der Waals surface area contributed by atoms with E-state index in [2.05, 4.69) is 15.5 Å². The van der Waals surface area contributed by atoms with E-state index in [0.29, 0.717) is 21.4 Å². The number of nitrogens with zero attached hydrogens (tertiary/aromatic N) is 2. The van der Waals surface area contributed by atoms with Crippen molar-refractivity contribution in [3.8, 4) is 0 Å². The van der Waals surface area contributed by atoms with Crippen molar-refractivity contribution in [2.24, 2.45) is 0 Å². The van der Waals surface area contributed by atoms with Crippen LogP contribution in [0, 0.1) is 0 Å². The number of halogens is 1. The Balaban J connectivity index is 2.21. The van der Waals surface area contributed by atoms with Gasteiger partial charge in [-0.25, -0.2) is 0 Å². The van der Waals surface area contributed by atoms with Gasteiger partial charge < -0.3 is 5.73 Å². The van der Waals surface area contributed by atoms with Crippen molar-refractivity contribution < 1.29 is 4.79 Å². The summed E-state index contributed by atoms with van der Waals surface area (Å²) in [7, 11) is 0. The van der Waals surface area contributed by atoms with Crippen molar-refractivity contribution in [1.29, 1.82) is 0 Å². The van der Waals surface area contributed by atoms with Gasteiger partial charge in [0, 0.05) is 5.69 Å². The minimum Gasteiger partial charge on any atom is -0.399 e. The number of aromatic nitrogens is 2. The molecule has 1 aromatic carbocycles. The van der Waals surface area contributed by atoms with Crippen molar-refractivity contribution >= 4 is 39.7 Å². The summed E-state index contributed by atoms with van der Waals surface area (Å²) in [6.07, 6.45) is 0. The third-order valence-corrected chi connectivity index (χ3v) is 2.74. The van der Waals surface area contributed by atoms with E-state index in [1.807, 2.05) is 0 Å². The number of carbonyl (C=O) groups excluding carboxylic acids is 1. The number of nitrogens with two attached hydrogens (primary N) is 1. The molecular formula is C9H7ClN4OS. The van der Waals surface area contributed by atoms with E-state index < -0.39 is 0 Å². The Morgan fingerprint density at radius 3 is 2.94 bits per heavy atom. The number of hydrogen-bond acceptors (Lipinski definition) is 5. The van der Waals surface area contributed by atoms with Gasteiger partial charge in [0.25, 0.3) is 5.91 Å². The molecule has 0 saturated carbocycles. The van der Waals surface area contributed by atoms with Gasteiger partial charge in [-0.05, 0) is 18.2 Å². The first-order chi connectivity index (χ1) is 7.66. The Kier molecular flexibility index (Phi) is 3.02. The van der Waals surface area contributed by atoms with Gasteiger partial charge in [0.05, 0.1) is 10.6 Å². The fraction of sp³-hybridized carbons (Fsp3) is 0. The largest absolute Gasteiger partial charge is 0.399 e. The standard InChI is InChI=1S/C9H7ClN4OS/c10-7-3-5(11)1-2-6(7)8(15)13-9-14-12-4-16-9/h1-4H,11H2,(H,13,14,15). The monoisotopic (exact) mass is 254 g/mol. The van der Waals surface area contributed by atoms with Gasteiger partial charge in [0.15, 0.2) is 0 Å². The molecule has 16 heavy (non-hydrogen) atoms. The van der Waals surface area contributed by atoms with E-state index in [1.54, 1.807) is 12.1 Å². The lowest BCUT2D eigenvalue weighted by atomic mass is 10.2. The number of nitrogens with one attached hydrogen (secondary N) is 1. The second-order valence-electron chi connectivity index (χ2n) is 2.94. The fourth-order valence-electron chi connectivity index (χ4n) is 1.11. The van der Waals surface area contributed by atoms with Crippen LogP contribution < -0.4 is 11.1 Å². The van der Waals surface area contributed by atoms with Crippen LogP contribution in [0.3, 0.4) is 0 Å². The molecule has 2 aromatic rings. The average molecular weight is 255 g/mol. The molecule has 0 aliphatic rings. The molecule has 7 heteroatoms. The Morgan fingerprint density at radius 2 is 2.31 bits per heavy atom. The van der Waals surface area contributed by atoms with Crippen molar-refractivity contribution in [3.05, 3.63) is 34.3 Å². The number of benzene rings is 1. The third-order valence-electron chi connectivity index (χ3n) is 1.82. The Labute approximate surface area is 100 Å². The number of nitrogen functional groups attached to an aromatic ring is 1. The highest BCUT2D eigenvalue weighted by Crippen LogP contribution is 2.20. The van der Waals surface area contributed by atoms with Gasteiger partial charge in [0.2, 0.25) is 5.13 Å². The average Bonchev–Trinajstić information content (AvgIpc) is 2.70. The normalized spacial score (nSPS) is 10.1. The second-order valence-corrected chi connectivity index (χ2v) is 4.18. The molecule has 1 amide bonds. The third kappa shape index (κ3) is 2.29. The molecule has 0 bridgehead atoms. The highest BCUT2D eigenvalue weighted by Gasteiger charge is 2.11. The zero-order valence-corrected chi connectivity index (χ0v) is 9.55. The molecule has 3 N–H and O–H groups in total. The smallest absolute Gasteiger partial charge is 0.259 e. The van der Waals surface area contributed by atoms with Crippen LogP contribution in [0.5, 0.6) is 0 Å². The van der Waals surface area contributed by atoms with E-state index in [-0.39, 0.29) is 5.91 Å². The number of rotatable bonds is 2. The molecule has 0 saturated heterocycles. The van der Waals surface area contributed by atoms with Gasteiger partial charge >= 0.3 is 0 Å². The van der Waals surface area contributed by atoms with Crippen molar-refractivity contribution in [2.45, 2.75) is 0 Å². The molecule has 0 aliphatic carbocycles. The van der Waals surface area contributed by atoms with Gasteiger partial charge in [-0.2, -0.15) is 0 Å². The Morgan fingerprint density at radius 1 is 1.50 bits per heavy atom. The minimum absolute atomic E-state index is 0.307. The summed E-state index contributed by atoms with van der Waals surface area (Å²) in [6, 6.07) is 4.70. The number of hydrogen-bond donors (Lipinski definition) is 2. The molecule has 5 nitrogen and oxygen atoms in total. The lowest BCUT2D eigenvalue weighted by Crippen LogP contribution is -2.12. The number of carbonyl (C=O) groups is 1. The maximum atomic E-state index is 11.7. The van der Waals surface area contributed by atoms with Crippen molar-refractivity contribution in [3.63, 3.8) is 0 Å². The molecule has 0 fully saturated rings. The summed E-state index contributed by atoms with van der Waals surface area (Å²) < 4.78 is 0. The first kappa shape index (κ1) is 10.8. The topological polar surface area (TPSA) is 80.9 Å². The lowest BCUT2D eigenvalue weighted by molar-refractivity contribution is 0.102. The van der Waals surface area contributed by atoms with Gasteiger partial charge in [-0.3, -0.25) is 10.1 Å². The SMILES string of the molecule is Nc1ccc(C(=O)Nc2nncs2)c(Cl)c1. The summed E-state index contributed by atoms with van der Waals surface area (Å²) >= 11 is 7.12. The quantitative estimate of drug-likeness (QED) is 0.804. The highest BCUT2D eigenvalue weighted by atomic mass is 35.5. The number of amides is 1. The summed E-state index contributed by atoms with van der Waals surface area (Å²) in [5, 5.41) is 10.6. The van der Waals surface area contributed by atoms with Gasteiger partial charge in [0.1, 0.15) is 5.51 Å². The van der Waals surface area contributed by atoms with E-state index in [9.17, 15) is 4.79 Å². The van der Waals surface area contributed by atoms with Crippen LogP contribution in [-0.2, 0) is 0 Å². The number of anilines is 2. The van der Waals surface area contributed by atoms with Crippen LogP contribution >= 0.6 is 22.9 Å². The summed E-state index contributed by atoms with van der Waals surface area (Å²) in [5.74, 6) is -0.332. The predicted molar refractivity (Wildman–Crippen MR) is 63.7 cm³/mol. The van der Waals surface area contributed by atoms with Crippen LogP contribution in [0.15, 0.2) is 23.7 Å².